The van der Waals surface area contributed by atoms with Crippen LogP contribution in [0.5, 0.6) is 5.75 Å². The molecule has 6 nitrogen and oxygen atoms in total. The number of carbonyl (C=O) groups excluding carboxylic acids is 1. The number of nitrogens with zero attached hydrogens (tertiary/aromatic N) is 2. The third-order valence-electron chi connectivity index (χ3n) is 7.72. The van der Waals surface area contributed by atoms with Crippen LogP contribution < -0.4 is 9.46 Å². The number of ether oxygens (including phenoxy) is 1. The Balaban J connectivity index is 1.29. The predicted molar refractivity (Wildman–Crippen MR) is 144 cm³/mol. The van der Waals surface area contributed by atoms with Crippen molar-refractivity contribution in [1.29, 1.82) is 0 Å². The summed E-state index contributed by atoms with van der Waals surface area (Å²) in [5.41, 5.74) is 4.05. The molecule has 3 aliphatic rings. The molecule has 0 radical (unpaired) electrons. The number of piperidine rings is 1. The predicted octanol–water partition coefficient (Wildman–Crippen LogP) is 4.71. The molecular weight excluding hydrogens is 470 g/mol. The van der Waals surface area contributed by atoms with E-state index in [-0.39, 0.29) is 28.2 Å². The molecule has 2 aromatic rings. The summed E-state index contributed by atoms with van der Waals surface area (Å²) >= 11 is -1.17. The SMILES string of the molecule is COc1cccc(C2C=CC(C(=O)N3CCC4(CC3)Cc3ccccc3[C@H]4N[S+]([O-])C(C)(C)C)=N2)c1. The molecule has 0 aromatic heterocycles. The van der Waals surface area contributed by atoms with E-state index in [1.165, 1.54) is 11.1 Å². The Labute approximate surface area is 217 Å². The van der Waals surface area contributed by atoms with Gasteiger partial charge in [-0.3, -0.25) is 9.79 Å². The van der Waals surface area contributed by atoms with Gasteiger partial charge in [-0.05, 0) is 74.9 Å². The molecule has 36 heavy (non-hydrogen) atoms. The number of hydrogen-bond acceptors (Lipinski definition) is 5. The highest BCUT2D eigenvalue weighted by Gasteiger charge is 2.50. The molecule has 1 aliphatic carbocycles. The molecule has 1 saturated heterocycles. The maximum Gasteiger partial charge on any atom is 0.272 e. The number of hydrogen-bond donors (Lipinski definition) is 1. The van der Waals surface area contributed by atoms with Crippen molar-refractivity contribution in [3.8, 4) is 5.75 Å². The fourth-order valence-corrected chi connectivity index (χ4v) is 6.54. The van der Waals surface area contributed by atoms with Gasteiger partial charge in [0.15, 0.2) is 0 Å². The number of carbonyl (C=O) groups is 1. The lowest BCUT2D eigenvalue weighted by Crippen LogP contribution is -2.51. The zero-order chi connectivity index (χ0) is 25.5. The molecule has 2 heterocycles. The first kappa shape index (κ1) is 25.1. The molecule has 2 aromatic carbocycles. The normalized spacial score (nSPS) is 23.5. The minimum atomic E-state index is -1.17. The fraction of sp³-hybridized carbons (Fsp3) is 0.448. The van der Waals surface area contributed by atoms with E-state index >= 15 is 0 Å². The van der Waals surface area contributed by atoms with Gasteiger partial charge in [-0.15, -0.1) is 4.72 Å². The van der Waals surface area contributed by atoms with Gasteiger partial charge in [0.2, 0.25) is 0 Å². The van der Waals surface area contributed by atoms with E-state index in [0.717, 1.165) is 30.6 Å². The van der Waals surface area contributed by atoms with Crippen LogP contribution in [0, 0.1) is 5.41 Å². The first-order chi connectivity index (χ1) is 17.2. The number of amides is 1. The quantitative estimate of drug-likeness (QED) is 0.598. The highest BCUT2D eigenvalue weighted by Crippen LogP contribution is 2.52. The zero-order valence-electron chi connectivity index (χ0n) is 21.5. The summed E-state index contributed by atoms with van der Waals surface area (Å²) in [5.74, 6) is 0.773. The monoisotopic (exact) mass is 505 g/mol. The van der Waals surface area contributed by atoms with Crippen LogP contribution in [0.2, 0.25) is 0 Å². The van der Waals surface area contributed by atoms with E-state index < -0.39 is 11.4 Å². The van der Waals surface area contributed by atoms with E-state index in [1.807, 2.05) is 62.1 Å². The van der Waals surface area contributed by atoms with Gasteiger partial charge in [0.25, 0.3) is 5.91 Å². The van der Waals surface area contributed by atoms with Gasteiger partial charge in [-0.2, -0.15) is 0 Å². The molecular formula is C29H35N3O3S. The van der Waals surface area contributed by atoms with Gasteiger partial charge in [0.1, 0.15) is 16.2 Å². The summed E-state index contributed by atoms with van der Waals surface area (Å²) < 4.78 is 21.6. The lowest BCUT2D eigenvalue weighted by molar-refractivity contribution is -0.126. The van der Waals surface area contributed by atoms with E-state index in [9.17, 15) is 9.35 Å². The van der Waals surface area contributed by atoms with Crippen molar-refractivity contribution in [2.75, 3.05) is 20.2 Å². The van der Waals surface area contributed by atoms with Crippen molar-refractivity contribution in [2.45, 2.75) is 56.9 Å². The van der Waals surface area contributed by atoms with Crippen LogP contribution in [0.15, 0.2) is 65.7 Å². The van der Waals surface area contributed by atoms with Gasteiger partial charge in [-0.1, -0.05) is 42.5 Å². The first-order valence-corrected chi connectivity index (χ1v) is 13.8. The molecule has 1 spiro atoms. The molecule has 0 bridgehead atoms. The third-order valence-corrected chi connectivity index (χ3v) is 9.28. The van der Waals surface area contributed by atoms with Gasteiger partial charge < -0.3 is 14.2 Å². The van der Waals surface area contributed by atoms with E-state index in [2.05, 4.69) is 29.0 Å². The van der Waals surface area contributed by atoms with Gasteiger partial charge in [-0.25, -0.2) is 0 Å². The summed E-state index contributed by atoms with van der Waals surface area (Å²) in [7, 11) is 1.65. The number of fused-ring (bicyclic) bond motifs is 1. The van der Waals surface area contributed by atoms with Crippen molar-refractivity contribution in [3.05, 3.63) is 77.4 Å². The zero-order valence-corrected chi connectivity index (χ0v) is 22.3. The number of likely N-dealkylation sites (tertiary alicyclic amines) is 1. The smallest absolute Gasteiger partial charge is 0.272 e. The van der Waals surface area contributed by atoms with Crippen molar-refractivity contribution < 1.29 is 14.1 Å². The minimum Gasteiger partial charge on any atom is -0.598 e. The summed E-state index contributed by atoms with van der Waals surface area (Å²) in [6.45, 7) is 7.34. The summed E-state index contributed by atoms with van der Waals surface area (Å²) in [6.07, 6.45) is 6.50. The Morgan fingerprint density at radius 1 is 1.17 bits per heavy atom. The van der Waals surface area contributed by atoms with E-state index in [4.69, 9.17) is 9.73 Å². The Bertz CT molecular complexity index is 1190. The number of rotatable bonds is 5. The fourth-order valence-electron chi connectivity index (χ4n) is 5.60. The van der Waals surface area contributed by atoms with Crippen LogP contribution in [0.25, 0.3) is 0 Å². The van der Waals surface area contributed by atoms with Crippen LogP contribution in [-0.4, -0.2) is 46.0 Å². The lowest BCUT2D eigenvalue weighted by Gasteiger charge is -2.43. The van der Waals surface area contributed by atoms with Crippen LogP contribution in [0.1, 0.15) is 62.4 Å². The lowest BCUT2D eigenvalue weighted by atomic mass is 9.73. The number of methoxy groups -OCH3 is 1. The molecule has 1 amide bonds. The van der Waals surface area contributed by atoms with Crippen LogP contribution >= 0.6 is 0 Å². The van der Waals surface area contributed by atoms with Crippen molar-refractivity contribution in [2.24, 2.45) is 10.4 Å². The number of aliphatic imine (C=N–C) groups is 1. The molecule has 5 rings (SSSR count). The van der Waals surface area contributed by atoms with Crippen LogP contribution in [-0.2, 0) is 22.6 Å². The Kier molecular flexibility index (Phi) is 6.74. The standard InChI is InChI=1S/C29H35N3O3S/c1-28(2,3)36(34)31-26-23-11-6-5-8-21(23)19-29(26)14-16-32(17-15-29)27(33)25-13-12-24(30-25)20-9-7-10-22(18-20)35-4/h5-13,18,24,26,31H,14-17,19H2,1-4H3/t24?,26-,36?/m1/s1. The maximum absolute atomic E-state index is 13.4. The minimum absolute atomic E-state index is 0.00946. The summed E-state index contributed by atoms with van der Waals surface area (Å²) in [4.78, 5) is 20.0. The summed E-state index contributed by atoms with van der Waals surface area (Å²) in [5, 5.41) is 0. The van der Waals surface area contributed by atoms with E-state index in [0.29, 0.717) is 18.8 Å². The second-order valence-corrected chi connectivity index (χ2v) is 13.1. The molecule has 2 aliphatic heterocycles. The molecule has 1 fully saturated rings. The van der Waals surface area contributed by atoms with Crippen molar-refractivity contribution in [3.63, 3.8) is 0 Å². The van der Waals surface area contributed by atoms with Crippen LogP contribution in [0.4, 0.5) is 0 Å². The molecule has 3 atom stereocenters. The van der Waals surface area contributed by atoms with Crippen molar-refractivity contribution in [1.82, 2.24) is 9.62 Å². The average Bonchev–Trinajstić information content (AvgIpc) is 3.48. The Morgan fingerprint density at radius 2 is 1.92 bits per heavy atom. The molecule has 190 valence electrons. The Morgan fingerprint density at radius 3 is 2.64 bits per heavy atom. The van der Waals surface area contributed by atoms with Crippen LogP contribution in [0.3, 0.4) is 0 Å². The highest BCUT2D eigenvalue weighted by molar-refractivity contribution is 7.90. The van der Waals surface area contributed by atoms with Gasteiger partial charge in [0.05, 0.1) is 19.2 Å². The second kappa shape index (κ2) is 9.69. The first-order valence-electron chi connectivity index (χ1n) is 12.7. The van der Waals surface area contributed by atoms with Crippen molar-refractivity contribution >= 4 is 23.0 Å². The third kappa shape index (κ3) is 4.72. The Hall–Kier alpha value is -2.61. The topological polar surface area (TPSA) is 77.0 Å². The average molecular weight is 506 g/mol. The van der Waals surface area contributed by atoms with Gasteiger partial charge >= 0.3 is 0 Å². The maximum atomic E-state index is 13.4. The second-order valence-electron chi connectivity index (χ2n) is 11.1. The van der Waals surface area contributed by atoms with E-state index in [1.54, 1.807) is 7.11 Å². The summed E-state index contributed by atoms with van der Waals surface area (Å²) in [6, 6.07) is 16.2. The number of benzene rings is 2. The molecule has 0 saturated carbocycles. The largest absolute Gasteiger partial charge is 0.598 e. The molecule has 2 unspecified atom stereocenters. The highest BCUT2D eigenvalue weighted by atomic mass is 32.2. The molecule has 1 N–H and O–H groups in total. The van der Waals surface area contributed by atoms with Gasteiger partial charge in [0, 0.05) is 29.9 Å². The number of nitrogens with one attached hydrogen (secondary N) is 1. The molecule has 7 heteroatoms.